The number of rotatable bonds is 3. The van der Waals surface area contributed by atoms with Crippen molar-refractivity contribution in [1.82, 2.24) is 0 Å². The standard InChI is InChI=1S/C14H4Br10.C2H6/c15-5-3(6(16)10(20)13(23)9(5)19)1-2-4-7(17)11(21)14(24)12(22)8(4)18;1-2/h1-2H2;1-2H3. The van der Waals surface area contributed by atoms with Crippen molar-refractivity contribution in [2.24, 2.45) is 0 Å². The molecule has 0 bridgehead atoms. The van der Waals surface area contributed by atoms with Gasteiger partial charge in [0.2, 0.25) is 0 Å². The normalized spacial score (nSPS) is 10.6. The molecule has 0 heterocycles. The molecule has 0 aliphatic heterocycles. The zero-order valence-corrected chi connectivity index (χ0v) is 29.1. The summed E-state index contributed by atoms with van der Waals surface area (Å²) in [4.78, 5) is 0. The summed E-state index contributed by atoms with van der Waals surface area (Å²) in [5.74, 6) is 0. The van der Waals surface area contributed by atoms with E-state index in [-0.39, 0.29) is 0 Å². The van der Waals surface area contributed by atoms with E-state index in [1.807, 2.05) is 13.8 Å². The Morgan fingerprint density at radius 2 is 0.500 bits per heavy atom. The molecule has 0 nitrogen and oxygen atoms in total. The molecule has 2 aromatic carbocycles. The molecule has 0 amide bonds. The van der Waals surface area contributed by atoms with Gasteiger partial charge in [0.1, 0.15) is 0 Å². The topological polar surface area (TPSA) is 0 Å². The summed E-state index contributed by atoms with van der Waals surface area (Å²) in [5, 5.41) is 0. The van der Waals surface area contributed by atoms with E-state index in [2.05, 4.69) is 159 Å². The quantitative estimate of drug-likeness (QED) is 0.212. The Kier molecular flexibility index (Phi) is 12.9. The van der Waals surface area contributed by atoms with E-state index in [0.29, 0.717) is 0 Å². The third-order valence-electron chi connectivity index (χ3n) is 3.23. The number of hydrogen-bond acceptors (Lipinski definition) is 0. The van der Waals surface area contributed by atoms with Crippen molar-refractivity contribution in [2.75, 3.05) is 0 Å². The van der Waals surface area contributed by atoms with E-state index in [1.54, 1.807) is 0 Å². The van der Waals surface area contributed by atoms with Gasteiger partial charge in [-0.25, -0.2) is 0 Å². The van der Waals surface area contributed by atoms with Crippen LogP contribution >= 0.6 is 159 Å². The zero-order valence-electron chi connectivity index (χ0n) is 13.2. The Hall–Kier alpha value is 3.24. The molecule has 0 N–H and O–H groups in total. The number of benzene rings is 2. The Morgan fingerprint density at radius 3 is 0.692 bits per heavy atom. The van der Waals surface area contributed by atoms with Crippen molar-refractivity contribution in [1.29, 1.82) is 0 Å². The fourth-order valence-corrected chi connectivity index (χ4v) is 9.04. The van der Waals surface area contributed by atoms with Crippen molar-refractivity contribution < 1.29 is 0 Å². The van der Waals surface area contributed by atoms with Gasteiger partial charge in [-0.15, -0.1) is 0 Å². The van der Waals surface area contributed by atoms with Crippen LogP contribution in [0.2, 0.25) is 0 Å². The van der Waals surface area contributed by atoms with Crippen molar-refractivity contribution >= 4 is 159 Å². The second kappa shape index (κ2) is 12.3. The molecule has 0 aliphatic rings. The Morgan fingerprint density at radius 1 is 0.346 bits per heavy atom. The van der Waals surface area contributed by atoms with Crippen LogP contribution in [0.1, 0.15) is 25.0 Å². The second-order valence-corrected chi connectivity index (χ2v) is 12.5. The fraction of sp³-hybridized carbons (Fsp3) is 0.250. The summed E-state index contributed by atoms with van der Waals surface area (Å²) >= 11 is 36.4. The third kappa shape index (κ3) is 5.93. The monoisotopic (exact) mass is 991 g/mol. The number of hydrogen-bond donors (Lipinski definition) is 0. The summed E-state index contributed by atoms with van der Waals surface area (Å²) in [6, 6.07) is 0. The molecule has 0 radical (unpaired) electrons. The third-order valence-corrected chi connectivity index (χ3v) is 15.7. The molecule has 0 fully saturated rings. The maximum absolute atomic E-state index is 3.69. The van der Waals surface area contributed by atoms with Crippen molar-refractivity contribution in [2.45, 2.75) is 26.7 Å². The van der Waals surface area contributed by atoms with Gasteiger partial charge in [0.05, 0.1) is 0 Å². The molecular formula is C16H10Br10. The molecule has 0 spiro atoms. The van der Waals surface area contributed by atoms with Crippen molar-refractivity contribution in [3.05, 3.63) is 55.9 Å². The van der Waals surface area contributed by atoms with Gasteiger partial charge in [-0.3, -0.25) is 0 Å². The lowest BCUT2D eigenvalue weighted by Crippen LogP contribution is -1.99. The maximum Gasteiger partial charge on any atom is 0.0482 e. The first kappa shape index (κ1) is 27.3. The van der Waals surface area contributed by atoms with Crippen LogP contribution in [0, 0.1) is 0 Å². The van der Waals surface area contributed by atoms with Crippen LogP contribution in [0.4, 0.5) is 0 Å². The Labute approximate surface area is 238 Å². The predicted molar refractivity (Wildman–Crippen MR) is 149 cm³/mol. The van der Waals surface area contributed by atoms with Gasteiger partial charge in [-0.1, -0.05) is 13.8 Å². The van der Waals surface area contributed by atoms with Gasteiger partial charge in [-0.2, -0.15) is 0 Å². The first-order chi connectivity index (χ1) is 12.1. The number of halogens is 10. The van der Waals surface area contributed by atoms with E-state index in [4.69, 9.17) is 0 Å². The maximum atomic E-state index is 3.69. The SMILES string of the molecule is Brc1c(Br)c(Br)c(CCc2c(Br)c(Br)c(Br)c(Br)c2Br)c(Br)c1Br.CC. The molecule has 26 heavy (non-hydrogen) atoms. The lowest BCUT2D eigenvalue weighted by Gasteiger charge is -2.16. The zero-order chi connectivity index (χ0) is 20.3. The summed E-state index contributed by atoms with van der Waals surface area (Å²) in [6.07, 6.45) is 1.70. The van der Waals surface area contributed by atoms with Crippen molar-refractivity contribution in [3.63, 3.8) is 0 Å². The van der Waals surface area contributed by atoms with E-state index in [9.17, 15) is 0 Å². The van der Waals surface area contributed by atoms with E-state index in [1.165, 1.54) is 11.1 Å². The smallest absolute Gasteiger partial charge is 0.0482 e. The minimum absolute atomic E-state index is 0.851. The summed E-state index contributed by atoms with van der Waals surface area (Å²) in [5.41, 5.74) is 2.37. The second-order valence-electron chi connectivity index (χ2n) is 4.60. The highest BCUT2D eigenvalue weighted by Crippen LogP contribution is 2.47. The molecule has 2 rings (SSSR count). The molecule has 0 saturated heterocycles. The molecular weight excluding hydrogens is 991 g/mol. The van der Waals surface area contributed by atoms with Gasteiger partial charge >= 0.3 is 0 Å². The molecule has 2 aromatic rings. The van der Waals surface area contributed by atoms with Crippen LogP contribution < -0.4 is 0 Å². The predicted octanol–water partition coefficient (Wildman–Crippen LogP) is 12.1. The van der Waals surface area contributed by atoms with Gasteiger partial charge < -0.3 is 0 Å². The van der Waals surface area contributed by atoms with Crippen LogP contribution in [0.25, 0.3) is 0 Å². The van der Waals surface area contributed by atoms with Crippen LogP contribution in [0.15, 0.2) is 44.7 Å². The first-order valence-electron chi connectivity index (χ1n) is 7.10. The molecule has 0 atom stereocenters. The minimum atomic E-state index is 0.851. The molecule has 10 heteroatoms. The molecule has 144 valence electrons. The van der Waals surface area contributed by atoms with Gasteiger partial charge in [-0.05, 0) is 183 Å². The van der Waals surface area contributed by atoms with E-state index in [0.717, 1.165) is 57.6 Å². The highest BCUT2D eigenvalue weighted by atomic mass is 79.9. The first-order valence-corrected chi connectivity index (χ1v) is 15.0. The Balaban J connectivity index is 0.00000163. The average Bonchev–Trinajstić information content (AvgIpc) is 2.65. The fourth-order valence-electron chi connectivity index (χ4n) is 1.99. The van der Waals surface area contributed by atoms with Gasteiger partial charge in [0, 0.05) is 44.7 Å². The minimum Gasteiger partial charge on any atom is -0.0683 e. The molecule has 0 aliphatic carbocycles. The summed E-state index contributed by atoms with van der Waals surface area (Å²) in [7, 11) is 0. The highest BCUT2D eigenvalue weighted by molar-refractivity contribution is 9.16. The molecule has 0 aromatic heterocycles. The summed E-state index contributed by atoms with van der Waals surface area (Å²) < 4.78 is 10.0. The lowest BCUT2D eigenvalue weighted by molar-refractivity contribution is 0.930. The molecule has 0 unspecified atom stereocenters. The molecule has 0 saturated carbocycles. The lowest BCUT2D eigenvalue weighted by atomic mass is 10.0. The van der Waals surface area contributed by atoms with E-state index >= 15 is 0 Å². The van der Waals surface area contributed by atoms with Crippen molar-refractivity contribution in [3.8, 4) is 0 Å². The average molecular weight is 1000 g/mol. The van der Waals surface area contributed by atoms with Crippen LogP contribution in [-0.4, -0.2) is 0 Å². The van der Waals surface area contributed by atoms with Crippen LogP contribution in [0.3, 0.4) is 0 Å². The van der Waals surface area contributed by atoms with E-state index < -0.39 is 0 Å². The summed E-state index contributed by atoms with van der Waals surface area (Å²) in [6.45, 7) is 4.00. The highest BCUT2D eigenvalue weighted by Gasteiger charge is 2.21. The van der Waals surface area contributed by atoms with Crippen LogP contribution in [-0.2, 0) is 12.8 Å². The van der Waals surface area contributed by atoms with Crippen LogP contribution in [0.5, 0.6) is 0 Å². The van der Waals surface area contributed by atoms with Gasteiger partial charge in [0.15, 0.2) is 0 Å². The Bertz CT molecular complexity index is 701. The largest absolute Gasteiger partial charge is 0.0683 e. The van der Waals surface area contributed by atoms with Gasteiger partial charge in [0.25, 0.3) is 0 Å².